The van der Waals surface area contributed by atoms with Crippen LogP contribution in [0.5, 0.6) is 0 Å². The lowest BCUT2D eigenvalue weighted by atomic mass is 10.0. The predicted octanol–water partition coefficient (Wildman–Crippen LogP) is 7.80. The molecule has 0 spiro atoms. The molecule has 0 fully saturated rings. The summed E-state index contributed by atoms with van der Waals surface area (Å²) in [6.45, 7) is 2.99. The highest BCUT2D eigenvalue weighted by Gasteiger charge is 2.32. The van der Waals surface area contributed by atoms with Crippen molar-refractivity contribution in [2.75, 3.05) is 13.7 Å². The number of rotatable bonds is 8. The standard InChI is InChI=1S/C30H26Cl2F3N3O3/c1-18(20-8-12-22(13-9-20)30(33,34)35)37(3)29(40)27-24(16-17-41-19(2)39)28(21-10-14-23(31)15-11-21)38(36-27)26-7-5-4-6-25(26)32/h4-15,18H,16-17H2,1-3H3/t18-/m1/s1. The first-order valence-corrected chi connectivity index (χ1v) is 13.3. The molecule has 0 aliphatic rings. The second-order valence-electron chi connectivity index (χ2n) is 9.35. The second-order valence-corrected chi connectivity index (χ2v) is 10.2. The number of para-hydroxylation sites is 1. The van der Waals surface area contributed by atoms with Crippen LogP contribution in [0.1, 0.15) is 47.1 Å². The molecule has 1 amide bonds. The van der Waals surface area contributed by atoms with E-state index in [1.807, 2.05) is 0 Å². The zero-order valence-corrected chi connectivity index (χ0v) is 23.9. The fraction of sp³-hybridized carbons (Fsp3) is 0.233. The quantitative estimate of drug-likeness (QED) is 0.193. The van der Waals surface area contributed by atoms with E-state index < -0.39 is 29.7 Å². The van der Waals surface area contributed by atoms with Crippen LogP contribution in [0.3, 0.4) is 0 Å². The van der Waals surface area contributed by atoms with Gasteiger partial charge in [-0.1, -0.05) is 59.6 Å². The average molecular weight is 604 g/mol. The van der Waals surface area contributed by atoms with Gasteiger partial charge in [0, 0.05) is 36.5 Å². The number of benzene rings is 3. The van der Waals surface area contributed by atoms with Gasteiger partial charge in [-0.15, -0.1) is 0 Å². The Morgan fingerprint density at radius 1 is 1.00 bits per heavy atom. The van der Waals surface area contributed by atoms with Crippen molar-refractivity contribution in [3.63, 3.8) is 0 Å². The fourth-order valence-corrected chi connectivity index (χ4v) is 4.72. The van der Waals surface area contributed by atoms with Gasteiger partial charge < -0.3 is 9.64 Å². The summed E-state index contributed by atoms with van der Waals surface area (Å²) >= 11 is 12.7. The molecule has 0 bridgehead atoms. The molecule has 4 rings (SSSR count). The van der Waals surface area contributed by atoms with Crippen molar-refractivity contribution in [3.8, 4) is 16.9 Å². The summed E-state index contributed by atoms with van der Waals surface area (Å²) in [5.74, 6) is -0.950. The van der Waals surface area contributed by atoms with Gasteiger partial charge in [-0.3, -0.25) is 9.59 Å². The highest BCUT2D eigenvalue weighted by atomic mass is 35.5. The maximum Gasteiger partial charge on any atom is 0.416 e. The zero-order valence-electron chi connectivity index (χ0n) is 22.4. The van der Waals surface area contributed by atoms with Crippen LogP contribution in [0, 0.1) is 0 Å². The molecule has 0 radical (unpaired) electrons. The van der Waals surface area contributed by atoms with Crippen molar-refractivity contribution in [2.45, 2.75) is 32.5 Å². The minimum Gasteiger partial charge on any atom is -0.466 e. The molecular weight excluding hydrogens is 578 g/mol. The van der Waals surface area contributed by atoms with Crippen molar-refractivity contribution >= 4 is 35.1 Å². The number of carbonyl (C=O) groups excluding carboxylic acids is 2. The van der Waals surface area contributed by atoms with Crippen molar-refractivity contribution < 1.29 is 27.5 Å². The second kappa shape index (κ2) is 12.4. The molecule has 1 heterocycles. The Hall–Kier alpha value is -3.82. The topological polar surface area (TPSA) is 64.4 Å². The number of halogens is 5. The lowest BCUT2D eigenvalue weighted by molar-refractivity contribution is -0.141. The molecule has 0 aliphatic heterocycles. The van der Waals surface area contributed by atoms with Crippen molar-refractivity contribution in [1.82, 2.24) is 14.7 Å². The number of nitrogens with zero attached hydrogens (tertiary/aromatic N) is 3. The monoisotopic (exact) mass is 603 g/mol. The molecule has 0 aliphatic carbocycles. The number of alkyl halides is 3. The molecule has 11 heteroatoms. The smallest absolute Gasteiger partial charge is 0.416 e. The van der Waals surface area contributed by atoms with Gasteiger partial charge in [0.1, 0.15) is 0 Å². The predicted molar refractivity (Wildman–Crippen MR) is 151 cm³/mol. The molecule has 0 N–H and O–H groups in total. The molecule has 0 saturated carbocycles. The van der Waals surface area contributed by atoms with Crippen LogP contribution in [-0.4, -0.2) is 40.2 Å². The molecule has 6 nitrogen and oxygen atoms in total. The first kappa shape index (κ1) is 30.1. The van der Waals surface area contributed by atoms with E-state index in [9.17, 15) is 22.8 Å². The summed E-state index contributed by atoms with van der Waals surface area (Å²) < 4.78 is 46.0. The van der Waals surface area contributed by atoms with E-state index in [1.54, 1.807) is 67.2 Å². The Morgan fingerprint density at radius 3 is 2.22 bits per heavy atom. The molecule has 3 aromatic carbocycles. The van der Waals surface area contributed by atoms with Crippen LogP contribution in [0.2, 0.25) is 10.0 Å². The number of esters is 1. The summed E-state index contributed by atoms with van der Waals surface area (Å²) in [5, 5.41) is 5.61. The third-order valence-electron chi connectivity index (χ3n) is 6.66. The van der Waals surface area contributed by atoms with E-state index in [0.717, 1.165) is 12.1 Å². The van der Waals surface area contributed by atoms with Gasteiger partial charge in [0.15, 0.2) is 5.69 Å². The molecular formula is C30H26Cl2F3N3O3. The van der Waals surface area contributed by atoms with Crippen LogP contribution in [-0.2, 0) is 22.1 Å². The maximum atomic E-state index is 14.0. The number of amides is 1. The third-order valence-corrected chi connectivity index (χ3v) is 7.24. The van der Waals surface area contributed by atoms with E-state index in [2.05, 4.69) is 0 Å². The molecule has 0 saturated heterocycles. The first-order valence-electron chi connectivity index (χ1n) is 12.6. The number of aromatic nitrogens is 2. The summed E-state index contributed by atoms with van der Waals surface area (Å²) in [6.07, 6.45) is -4.31. The summed E-state index contributed by atoms with van der Waals surface area (Å²) in [5.41, 5.74) is 2.09. The fourth-order valence-electron chi connectivity index (χ4n) is 4.38. The average Bonchev–Trinajstić information content (AvgIpc) is 3.31. The summed E-state index contributed by atoms with van der Waals surface area (Å²) in [4.78, 5) is 26.9. The van der Waals surface area contributed by atoms with Crippen LogP contribution in [0.25, 0.3) is 16.9 Å². The SMILES string of the molecule is CC(=O)OCCc1c(C(=O)N(C)[C@H](C)c2ccc(C(F)(F)F)cc2)nn(-c2ccccc2Cl)c1-c1ccc(Cl)cc1. The Bertz CT molecular complexity index is 1550. The van der Waals surface area contributed by atoms with Gasteiger partial charge in [0.2, 0.25) is 0 Å². The summed E-state index contributed by atoms with van der Waals surface area (Å²) in [6, 6.07) is 18.1. The van der Waals surface area contributed by atoms with Crippen LogP contribution >= 0.6 is 23.2 Å². The van der Waals surface area contributed by atoms with Crippen LogP contribution in [0.4, 0.5) is 13.2 Å². The molecule has 0 unspecified atom stereocenters. The highest BCUT2D eigenvalue weighted by Crippen LogP contribution is 2.35. The number of hydrogen-bond donors (Lipinski definition) is 0. The Morgan fingerprint density at radius 2 is 1.63 bits per heavy atom. The van der Waals surface area contributed by atoms with Gasteiger partial charge in [-0.2, -0.15) is 18.3 Å². The number of ether oxygens (including phenoxy) is 1. The number of carbonyl (C=O) groups is 2. The normalized spacial score (nSPS) is 12.2. The number of hydrogen-bond acceptors (Lipinski definition) is 4. The maximum absolute atomic E-state index is 14.0. The molecule has 41 heavy (non-hydrogen) atoms. The zero-order chi connectivity index (χ0) is 29.9. The van der Waals surface area contributed by atoms with Gasteiger partial charge in [-0.05, 0) is 48.9 Å². The van der Waals surface area contributed by atoms with Crippen molar-refractivity contribution in [1.29, 1.82) is 0 Å². The molecule has 1 atom stereocenters. The van der Waals surface area contributed by atoms with Gasteiger partial charge in [0.25, 0.3) is 5.91 Å². The van der Waals surface area contributed by atoms with Crippen molar-refractivity contribution in [3.05, 3.63) is 105 Å². The van der Waals surface area contributed by atoms with E-state index >= 15 is 0 Å². The minimum absolute atomic E-state index is 0.0113. The van der Waals surface area contributed by atoms with E-state index in [0.29, 0.717) is 38.1 Å². The highest BCUT2D eigenvalue weighted by molar-refractivity contribution is 6.32. The minimum atomic E-state index is -4.47. The van der Waals surface area contributed by atoms with Gasteiger partial charge in [-0.25, -0.2) is 4.68 Å². The molecule has 214 valence electrons. The summed E-state index contributed by atoms with van der Waals surface area (Å²) in [7, 11) is 1.55. The largest absolute Gasteiger partial charge is 0.466 e. The molecule has 4 aromatic rings. The Balaban J connectivity index is 1.83. The van der Waals surface area contributed by atoms with E-state index in [4.69, 9.17) is 33.0 Å². The Kier molecular flexibility index (Phi) is 9.09. The van der Waals surface area contributed by atoms with Gasteiger partial charge in [0.05, 0.1) is 34.6 Å². The molecule has 1 aromatic heterocycles. The first-order chi connectivity index (χ1) is 19.4. The van der Waals surface area contributed by atoms with Gasteiger partial charge >= 0.3 is 12.1 Å². The van der Waals surface area contributed by atoms with E-state index in [1.165, 1.54) is 24.0 Å². The van der Waals surface area contributed by atoms with Crippen LogP contribution < -0.4 is 0 Å². The van der Waals surface area contributed by atoms with Crippen molar-refractivity contribution in [2.24, 2.45) is 0 Å². The lowest BCUT2D eigenvalue weighted by Gasteiger charge is -2.25. The van der Waals surface area contributed by atoms with E-state index in [-0.39, 0.29) is 18.7 Å². The Labute approximate surface area is 245 Å². The van der Waals surface area contributed by atoms with Crippen LogP contribution in [0.15, 0.2) is 72.8 Å². The lowest BCUT2D eigenvalue weighted by Crippen LogP contribution is -2.31. The third kappa shape index (κ3) is 6.74.